The molecule has 0 aromatic heterocycles. The predicted octanol–water partition coefficient (Wildman–Crippen LogP) is 6.22. The van der Waals surface area contributed by atoms with Gasteiger partial charge in [0.05, 0.1) is 6.04 Å². The highest BCUT2D eigenvalue weighted by Gasteiger charge is 2.61. The highest BCUT2D eigenvalue weighted by molar-refractivity contribution is 14.1. The van der Waals surface area contributed by atoms with Crippen molar-refractivity contribution < 1.29 is 19.1 Å². The molecule has 0 bridgehead atoms. The Morgan fingerprint density at radius 1 is 1.02 bits per heavy atom. The SMILES string of the molecule is CC(=O)N1CCC(Oc2ccc(I)cc2[C@@H]2NC(=O)C[C@H](c3cccc(Cl)c3)[C@@]23C(=O)Nc2cc(Cl)ccc23)CC1. The zero-order valence-electron chi connectivity index (χ0n) is 22.3. The first-order chi connectivity index (χ1) is 19.7. The van der Waals surface area contributed by atoms with Gasteiger partial charge in [0, 0.05) is 70.1 Å². The summed E-state index contributed by atoms with van der Waals surface area (Å²) < 4.78 is 7.54. The van der Waals surface area contributed by atoms with E-state index in [2.05, 4.69) is 33.2 Å². The minimum absolute atomic E-state index is 0.0586. The molecule has 2 saturated heterocycles. The second kappa shape index (κ2) is 11.1. The van der Waals surface area contributed by atoms with Crippen molar-refractivity contribution in [3.63, 3.8) is 0 Å². The van der Waals surface area contributed by atoms with Crippen LogP contribution in [0.15, 0.2) is 60.7 Å². The van der Waals surface area contributed by atoms with Crippen LogP contribution in [0.3, 0.4) is 0 Å². The number of hydrogen-bond acceptors (Lipinski definition) is 4. The highest BCUT2D eigenvalue weighted by atomic mass is 127. The minimum atomic E-state index is -1.20. The first-order valence-corrected chi connectivity index (χ1v) is 15.4. The van der Waals surface area contributed by atoms with Crippen LogP contribution in [-0.4, -0.2) is 41.8 Å². The first-order valence-electron chi connectivity index (χ1n) is 13.5. The third-order valence-corrected chi connectivity index (χ3v) is 9.61. The highest BCUT2D eigenvalue weighted by Crippen LogP contribution is 2.58. The lowest BCUT2D eigenvalue weighted by atomic mass is 9.59. The molecule has 7 nitrogen and oxygen atoms in total. The molecule has 3 aromatic rings. The molecule has 1 spiro atoms. The quantitative estimate of drug-likeness (QED) is 0.316. The Bertz CT molecular complexity index is 1560. The molecule has 2 fully saturated rings. The Kier molecular flexibility index (Phi) is 7.67. The van der Waals surface area contributed by atoms with Crippen molar-refractivity contribution in [2.75, 3.05) is 18.4 Å². The number of hydrogen-bond donors (Lipinski definition) is 2. The zero-order valence-corrected chi connectivity index (χ0v) is 25.9. The molecule has 0 unspecified atom stereocenters. The van der Waals surface area contributed by atoms with Crippen LogP contribution in [0.25, 0.3) is 0 Å². The number of carbonyl (C=O) groups excluding carboxylic acids is 3. The number of piperidine rings is 2. The molecule has 3 aromatic carbocycles. The van der Waals surface area contributed by atoms with Crippen LogP contribution >= 0.6 is 45.8 Å². The molecule has 0 aliphatic carbocycles. The summed E-state index contributed by atoms with van der Waals surface area (Å²) in [5, 5.41) is 7.30. The van der Waals surface area contributed by atoms with Crippen LogP contribution in [0.1, 0.15) is 54.8 Å². The summed E-state index contributed by atoms with van der Waals surface area (Å²) in [5.41, 5.74) is 1.73. The summed E-state index contributed by atoms with van der Waals surface area (Å²) in [6.45, 7) is 2.83. The number of amides is 3. The summed E-state index contributed by atoms with van der Waals surface area (Å²) >= 11 is 15.0. The fourth-order valence-corrected chi connectivity index (χ4v) is 7.48. The van der Waals surface area contributed by atoms with Gasteiger partial charge in [-0.15, -0.1) is 0 Å². The molecule has 0 saturated carbocycles. The lowest BCUT2D eigenvalue weighted by Crippen LogP contribution is -2.57. The molecule has 6 rings (SSSR count). The van der Waals surface area contributed by atoms with Crippen molar-refractivity contribution in [1.29, 1.82) is 0 Å². The topological polar surface area (TPSA) is 87.7 Å². The second-order valence-electron chi connectivity index (χ2n) is 10.8. The van der Waals surface area contributed by atoms with Crippen molar-refractivity contribution in [2.24, 2.45) is 0 Å². The van der Waals surface area contributed by atoms with Gasteiger partial charge in [-0.1, -0.05) is 41.4 Å². The molecule has 41 heavy (non-hydrogen) atoms. The maximum Gasteiger partial charge on any atom is 0.238 e. The van der Waals surface area contributed by atoms with Crippen LogP contribution in [0.2, 0.25) is 10.0 Å². The summed E-state index contributed by atoms with van der Waals surface area (Å²) in [6, 6.07) is 17.9. The first kappa shape index (κ1) is 28.3. The molecule has 2 N–H and O–H groups in total. The molecule has 0 radical (unpaired) electrons. The summed E-state index contributed by atoms with van der Waals surface area (Å²) in [6.07, 6.45) is 1.39. The molecule has 212 valence electrons. The van der Waals surface area contributed by atoms with Crippen LogP contribution < -0.4 is 15.4 Å². The molecule has 10 heteroatoms. The second-order valence-corrected chi connectivity index (χ2v) is 12.9. The van der Waals surface area contributed by atoms with Gasteiger partial charge in [-0.25, -0.2) is 0 Å². The molecular weight excluding hydrogens is 676 g/mol. The van der Waals surface area contributed by atoms with Gasteiger partial charge >= 0.3 is 0 Å². The van der Waals surface area contributed by atoms with E-state index >= 15 is 0 Å². The van der Waals surface area contributed by atoms with E-state index in [-0.39, 0.29) is 30.2 Å². The van der Waals surface area contributed by atoms with Crippen molar-refractivity contribution in [3.05, 3.63) is 91.0 Å². The molecule has 3 amide bonds. The lowest BCUT2D eigenvalue weighted by molar-refractivity contribution is -0.132. The lowest BCUT2D eigenvalue weighted by Gasteiger charge is -2.47. The van der Waals surface area contributed by atoms with Gasteiger partial charge < -0.3 is 20.3 Å². The van der Waals surface area contributed by atoms with Crippen LogP contribution in [0, 0.1) is 3.57 Å². The molecule has 3 aliphatic rings. The maximum absolute atomic E-state index is 14.3. The van der Waals surface area contributed by atoms with Crippen molar-refractivity contribution in [3.8, 4) is 5.75 Å². The van der Waals surface area contributed by atoms with Crippen molar-refractivity contribution in [2.45, 2.75) is 49.7 Å². The van der Waals surface area contributed by atoms with Crippen LogP contribution in [0.4, 0.5) is 5.69 Å². The number of ether oxygens (including phenoxy) is 1. The van der Waals surface area contributed by atoms with Gasteiger partial charge in [0.25, 0.3) is 0 Å². The van der Waals surface area contributed by atoms with Gasteiger partial charge in [0.15, 0.2) is 0 Å². The van der Waals surface area contributed by atoms with E-state index in [9.17, 15) is 14.4 Å². The number of nitrogens with one attached hydrogen (secondary N) is 2. The monoisotopic (exact) mass is 703 g/mol. The van der Waals surface area contributed by atoms with E-state index in [0.717, 1.165) is 20.3 Å². The summed E-state index contributed by atoms with van der Waals surface area (Å²) in [7, 11) is 0. The number of fused-ring (bicyclic) bond motifs is 2. The summed E-state index contributed by atoms with van der Waals surface area (Å²) in [5.74, 6) is -0.224. The van der Waals surface area contributed by atoms with E-state index in [1.807, 2.05) is 47.4 Å². The Labute approximate surface area is 262 Å². The molecule has 3 atom stereocenters. The van der Waals surface area contributed by atoms with E-state index in [1.54, 1.807) is 25.1 Å². The van der Waals surface area contributed by atoms with E-state index < -0.39 is 17.4 Å². The van der Waals surface area contributed by atoms with Crippen LogP contribution in [0.5, 0.6) is 5.75 Å². The smallest absolute Gasteiger partial charge is 0.238 e. The number of anilines is 1. The molecule has 3 heterocycles. The number of rotatable bonds is 4. The van der Waals surface area contributed by atoms with Gasteiger partial charge in [-0.3, -0.25) is 14.4 Å². The third-order valence-electron chi connectivity index (χ3n) is 8.47. The number of halogens is 3. The molecular formula is C31H28Cl2IN3O4. The standard InChI is InChI=1S/C31H28Cl2IN3O4/c1-17(38)37-11-9-22(10-12-37)41-27-8-6-21(34)15-23(27)29-31(24-7-5-20(33)14-26(24)35-30(31)40)25(16-28(39)36-29)18-3-2-4-19(32)13-18/h2-8,13-15,22,25,29H,9-12,16H2,1H3,(H,35,40)(H,36,39)/t25-,29+,31-/m1/s1. The van der Waals surface area contributed by atoms with Crippen LogP contribution in [-0.2, 0) is 19.8 Å². The van der Waals surface area contributed by atoms with Crippen molar-refractivity contribution >= 4 is 69.2 Å². The zero-order chi connectivity index (χ0) is 28.9. The van der Waals surface area contributed by atoms with Gasteiger partial charge in [0.2, 0.25) is 17.7 Å². The molecule has 3 aliphatic heterocycles. The van der Waals surface area contributed by atoms with Gasteiger partial charge in [0.1, 0.15) is 17.3 Å². The Hall–Kier alpha value is -2.82. The Morgan fingerprint density at radius 3 is 2.51 bits per heavy atom. The Morgan fingerprint density at radius 2 is 1.78 bits per heavy atom. The fourth-order valence-electron chi connectivity index (χ4n) is 6.59. The number of likely N-dealkylation sites (tertiary alicyclic amines) is 1. The third kappa shape index (κ3) is 5.08. The van der Waals surface area contributed by atoms with E-state index in [0.29, 0.717) is 47.4 Å². The average Bonchev–Trinajstić information content (AvgIpc) is 3.22. The van der Waals surface area contributed by atoms with E-state index in [1.165, 1.54) is 0 Å². The summed E-state index contributed by atoms with van der Waals surface area (Å²) in [4.78, 5) is 41.5. The van der Waals surface area contributed by atoms with E-state index in [4.69, 9.17) is 27.9 Å². The fraction of sp³-hybridized carbons (Fsp3) is 0.323. The van der Waals surface area contributed by atoms with Gasteiger partial charge in [-0.2, -0.15) is 0 Å². The normalized spacial score (nSPS) is 24.1. The van der Waals surface area contributed by atoms with Gasteiger partial charge in [-0.05, 0) is 76.2 Å². The average molecular weight is 704 g/mol. The van der Waals surface area contributed by atoms with Crippen molar-refractivity contribution in [1.82, 2.24) is 10.2 Å². The minimum Gasteiger partial charge on any atom is -0.490 e. The largest absolute Gasteiger partial charge is 0.490 e. The number of nitrogens with zero attached hydrogens (tertiary/aromatic N) is 1. The number of carbonyl (C=O) groups is 3. The number of benzene rings is 3. The maximum atomic E-state index is 14.3. The predicted molar refractivity (Wildman–Crippen MR) is 167 cm³/mol. The Balaban J connectivity index is 1.50.